The third kappa shape index (κ3) is 5.05. The molecule has 1 saturated carbocycles. The van der Waals surface area contributed by atoms with Crippen LogP contribution in [0, 0.1) is 0 Å². The molecule has 1 atom stereocenters. The topological polar surface area (TPSA) is 44.4 Å². The Morgan fingerprint density at radius 3 is 2.52 bits per heavy atom. The van der Waals surface area contributed by atoms with Crippen molar-refractivity contribution < 1.29 is 4.79 Å². The number of hydrogen-bond acceptors (Lipinski definition) is 3. The van der Waals surface area contributed by atoms with Crippen molar-refractivity contribution in [3.63, 3.8) is 0 Å². The van der Waals surface area contributed by atoms with Crippen molar-refractivity contribution in [2.45, 2.75) is 76.5 Å². The van der Waals surface area contributed by atoms with Gasteiger partial charge >= 0.3 is 0 Å². The summed E-state index contributed by atoms with van der Waals surface area (Å²) < 4.78 is 0. The lowest BCUT2D eigenvalue weighted by atomic mass is 9.90. The van der Waals surface area contributed by atoms with Gasteiger partial charge in [-0.05, 0) is 57.6 Å². The van der Waals surface area contributed by atoms with Crippen molar-refractivity contribution in [3.8, 4) is 0 Å². The molecule has 0 radical (unpaired) electrons. The Bertz CT molecular complexity index is 554. The molecule has 1 saturated heterocycles. The number of carbonyl (C=O) groups excluding carboxylic acids is 1. The minimum absolute atomic E-state index is 0.103. The molecule has 1 aromatic rings. The molecule has 0 bridgehead atoms. The minimum Gasteiger partial charge on any atom is -0.354 e. The maximum Gasteiger partial charge on any atom is 0.217 e. The summed E-state index contributed by atoms with van der Waals surface area (Å²) in [5.74, 6) is 0.103. The van der Waals surface area contributed by atoms with E-state index in [9.17, 15) is 4.79 Å². The average Bonchev–Trinajstić information content (AvgIpc) is 2.96. The van der Waals surface area contributed by atoms with Gasteiger partial charge in [0.05, 0.1) is 0 Å². The van der Waals surface area contributed by atoms with Gasteiger partial charge in [0.25, 0.3) is 0 Å². The first-order valence-corrected chi connectivity index (χ1v) is 9.85. The molecule has 1 aliphatic heterocycles. The highest BCUT2D eigenvalue weighted by atomic mass is 16.1. The Labute approximate surface area is 152 Å². The Balaban J connectivity index is 1.47. The predicted octanol–water partition coefficient (Wildman–Crippen LogP) is 3.08. The van der Waals surface area contributed by atoms with E-state index in [1.807, 2.05) is 0 Å². The van der Waals surface area contributed by atoms with Gasteiger partial charge in [0.1, 0.15) is 0 Å². The molecule has 3 rings (SSSR count). The first-order chi connectivity index (χ1) is 12.0. The minimum atomic E-state index is 0.103. The molecule has 1 amide bonds. The maximum atomic E-state index is 11.2. The van der Waals surface area contributed by atoms with Gasteiger partial charge in [-0.1, -0.05) is 30.3 Å². The zero-order chi connectivity index (χ0) is 17.7. The van der Waals surface area contributed by atoms with Gasteiger partial charge in [0, 0.05) is 37.6 Å². The molecule has 0 aromatic heterocycles. The van der Waals surface area contributed by atoms with Crippen molar-refractivity contribution in [2.24, 2.45) is 0 Å². The van der Waals surface area contributed by atoms with E-state index in [-0.39, 0.29) is 11.4 Å². The van der Waals surface area contributed by atoms with Crippen LogP contribution in [0.5, 0.6) is 0 Å². The number of nitrogens with one attached hydrogen (secondary N) is 2. The number of benzene rings is 1. The van der Waals surface area contributed by atoms with Crippen molar-refractivity contribution in [1.82, 2.24) is 15.5 Å². The quantitative estimate of drug-likeness (QED) is 0.834. The molecule has 1 aliphatic carbocycles. The van der Waals surface area contributed by atoms with Crippen LogP contribution in [0.15, 0.2) is 30.3 Å². The second-order valence-electron chi connectivity index (χ2n) is 8.14. The van der Waals surface area contributed by atoms with Crippen LogP contribution >= 0.6 is 0 Å². The van der Waals surface area contributed by atoms with Crippen LogP contribution in [0.2, 0.25) is 0 Å². The van der Waals surface area contributed by atoms with Crippen LogP contribution in [0.25, 0.3) is 0 Å². The monoisotopic (exact) mass is 343 g/mol. The summed E-state index contributed by atoms with van der Waals surface area (Å²) in [6, 6.07) is 11.8. The number of amides is 1. The Hall–Kier alpha value is -1.39. The third-order valence-electron chi connectivity index (χ3n) is 6.03. The lowest BCUT2D eigenvalue weighted by Gasteiger charge is -2.38. The van der Waals surface area contributed by atoms with Crippen LogP contribution in [0.4, 0.5) is 0 Å². The molecule has 1 heterocycles. The standard InChI is InChI=1S/C21H33N3O/c1-17(25)23-20-11-9-19(10-12-20)22-16-21(2)13-6-14-24(21)15-18-7-4-3-5-8-18/h3-5,7-8,19-20,22H,6,9-16H2,1-2H3,(H,23,25). The van der Waals surface area contributed by atoms with Gasteiger partial charge in [-0.2, -0.15) is 0 Å². The molecule has 2 N–H and O–H groups in total. The van der Waals surface area contributed by atoms with E-state index < -0.39 is 0 Å². The largest absolute Gasteiger partial charge is 0.354 e. The summed E-state index contributed by atoms with van der Waals surface area (Å²) in [5, 5.41) is 6.91. The van der Waals surface area contributed by atoms with Crippen molar-refractivity contribution in [1.29, 1.82) is 0 Å². The first kappa shape index (κ1) is 18.4. The van der Waals surface area contributed by atoms with Gasteiger partial charge in [0.2, 0.25) is 5.91 Å². The smallest absolute Gasteiger partial charge is 0.217 e. The molecule has 1 aromatic carbocycles. The summed E-state index contributed by atoms with van der Waals surface area (Å²) in [6.07, 6.45) is 7.09. The molecular formula is C21H33N3O. The van der Waals surface area contributed by atoms with Gasteiger partial charge < -0.3 is 10.6 Å². The van der Waals surface area contributed by atoms with Crippen LogP contribution in [-0.2, 0) is 11.3 Å². The van der Waals surface area contributed by atoms with Gasteiger partial charge in [-0.15, -0.1) is 0 Å². The van der Waals surface area contributed by atoms with Gasteiger partial charge in [-0.25, -0.2) is 0 Å². The molecule has 25 heavy (non-hydrogen) atoms. The van der Waals surface area contributed by atoms with Crippen LogP contribution in [-0.4, -0.2) is 41.5 Å². The highest BCUT2D eigenvalue weighted by molar-refractivity contribution is 5.73. The normalized spacial score (nSPS) is 30.3. The van der Waals surface area contributed by atoms with E-state index in [2.05, 4.69) is 52.8 Å². The second-order valence-corrected chi connectivity index (χ2v) is 8.14. The second kappa shape index (κ2) is 8.33. The van der Waals surface area contributed by atoms with Crippen molar-refractivity contribution in [2.75, 3.05) is 13.1 Å². The van der Waals surface area contributed by atoms with Gasteiger partial charge in [-0.3, -0.25) is 9.69 Å². The Kier molecular flexibility index (Phi) is 6.13. The number of nitrogens with zero attached hydrogens (tertiary/aromatic N) is 1. The number of likely N-dealkylation sites (tertiary alicyclic amines) is 1. The summed E-state index contributed by atoms with van der Waals surface area (Å²) >= 11 is 0. The molecule has 0 spiro atoms. The SMILES string of the molecule is CC(=O)NC1CCC(NCC2(C)CCCN2Cc2ccccc2)CC1. The zero-order valence-corrected chi connectivity index (χ0v) is 15.8. The highest BCUT2D eigenvalue weighted by Crippen LogP contribution is 2.30. The fourth-order valence-electron chi connectivity index (χ4n) is 4.45. The van der Waals surface area contributed by atoms with E-state index in [0.717, 1.165) is 25.9 Å². The summed E-state index contributed by atoms with van der Waals surface area (Å²) in [7, 11) is 0. The average molecular weight is 344 g/mol. The summed E-state index contributed by atoms with van der Waals surface area (Å²) in [5.41, 5.74) is 1.66. The van der Waals surface area contributed by atoms with Crippen LogP contribution < -0.4 is 10.6 Å². The number of rotatable bonds is 6. The molecule has 4 nitrogen and oxygen atoms in total. The summed E-state index contributed by atoms with van der Waals surface area (Å²) in [4.78, 5) is 13.8. The molecule has 1 unspecified atom stereocenters. The fourth-order valence-corrected chi connectivity index (χ4v) is 4.45. The fraction of sp³-hybridized carbons (Fsp3) is 0.667. The van der Waals surface area contributed by atoms with E-state index in [1.165, 1.54) is 37.8 Å². The van der Waals surface area contributed by atoms with Crippen molar-refractivity contribution in [3.05, 3.63) is 35.9 Å². The zero-order valence-electron chi connectivity index (χ0n) is 15.8. The van der Waals surface area contributed by atoms with E-state index in [0.29, 0.717) is 12.1 Å². The van der Waals surface area contributed by atoms with Crippen LogP contribution in [0.3, 0.4) is 0 Å². The van der Waals surface area contributed by atoms with E-state index in [1.54, 1.807) is 6.92 Å². The molecule has 2 aliphatic rings. The van der Waals surface area contributed by atoms with Gasteiger partial charge in [0.15, 0.2) is 0 Å². The molecule has 138 valence electrons. The molecule has 2 fully saturated rings. The van der Waals surface area contributed by atoms with E-state index in [4.69, 9.17) is 0 Å². The number of hydrogen-bond donors (Lipinski definition) is 2. The number of carbonyl (C=O) groups is 1. The van der Waals surface area contributed by atoms with E-state index >= 15 is 0 Å². The lowest BCUT2D eigenvalue weighted by molar-refractivity contribution is -0.119. The maximum absolute atomic E-state index is 11.2. The highest BCUT2D eigenvalue weighted by Gasteiger charge is 2.36. The Morgan fingerprint density at radius 2 is 1.84 bits per heavy atom. The van der Waals surface area contributed by atoms with Crippen LogP contribution in [0.1, 0.15) is 57.9 Å². The third-order valence-corrected chi connectivity index (χ3v) is 6.03. The Morgan fingerprint density at radius 1 is 1.16 bits per heavy atom. The lowest BCUT2D eigenvalue weighted by Crippen LogP contribution is -2.51. The molecular weight excluding hydrogens is 310 g/mol. The van der Waals surface area contributed by atoms with Crippen molar-refractivity contribution >= 4 is 5.91 Å². The predicted molar refractivity (Wildman–Crippen MR) is 102 cm³/mol. The summed E-state index contributed by atoms with van der Waals surface area (Å²) in [6.45, 7) is 7.34. The first-order valence-electron chi connectivity index (χ1n) is 9.85. The molecule has 4 heteroatoms.